The van der Waals surface area contributed by atoms with E-state index in [1.54, 1.807) is 0 Å². The van der Waals surface area contributed by atoms with Crippen molar-refractivity contribution >= 4 is 0 Å². The topological polar surface area (TPSA) is 9.23 Å². The van der Waals surface area contributed by atoms with Gasteiger partial charge in [0.05, 0.1) is 0 Å². The van der Waals surface area contributed by atoms with Gasteiger partial charge in [-0.25, -0.2) is 0 Å². The van der Waals surface area contributed by atoms with E-state index < -0.39 is 0 Å². The van der Waals surface area contributed by atoms with E-state index in [0.29, 0.717) is 0 Å². The molecule has 0 heterocycles. The maximum Gasteiger partial charge on any atom is 0.0491 e. The monoisotopic (exact) mass is 158 g/mol. The quantitative estimate of drug-likeness (QED) is 0.540. The molecule has 0 radical (unpaired) electrons. The summed E-state index contributed by atoms with van der Waals surface area (Å²) < 4.78 is 5.50. The van der Waals surface area contributed by atoms with Crippen molar-refractivity contribution in [1.29, 1.82) is 0 Å². The summed E-state index contributed by atoms with van der Waals surface area (Å²) in [5, 5.41) is 0. The summed E-state index contributed by atoms with van der Waals surface area (Å²) in [5.74, 6) is 1.49. The predicted octanol–water partition coefficient (Wildman–Crippen LogP) is 3.10. The molecular weight excluding hydrogens is 136 g/mol. The molecule has 0 N–H and O–H groups in total. The van der Waals surface area contributed by atoms with Gasteiger partial charge in [0.1, 0.15) is 0 Å². The van der Waals surface area contributed by atoms with E-state index in [9.17, 15) is 0 Å². The Labute approximate surface area is 71.1 Å². The zero-order chi connectivity index (χ0) is 8.69. The van der Waals surface area contributed by atoms with Gasteiger partial charge in [-0.15, -0.1) is 0 Å². The molecule has 0 spiro atoms. The third-order valence-corrected chi connectivity index (χ3v) is 1.94. The predicted molar refractivity (Wildman–Crippen MR) is 49.7 cm³/mol. The fraction of sp³-hybridized carbons (Fsp3) is 1.00. The van der Waals surface area contributed by atoms with Crippen molar-refractivity contribution in [3.63, 3.8) is 0 Å². The average Bonchev–Trinajstić information content (AvgIpc) is 1.97. The van der Waals surface area contributed by atoms with Crippen molar-refractivity contribution in [1.82, 2.24) is 0 Å². The second-order valence-corrected chi connectivity index (χ2v) is 3.77. The third kappa shape index (κ3) is 7.86. The largest absolute Gasteiger partial charge is 0.381 e. The second-order valence-electron chi connectivity index (χ2n) is 3.77. The van der Waals surface area contributed by atoms with Crippen LogP contribution in [-0.4, -0.2) is 13.2 Å². The first-order valence-corrected chi connectivity index (χ1v) is 4.74. The minimum atomic E-state index is 0.724. The highest BCUT2D eigenvalue weighted by Gasteiger charge is 1.98. The van der Waals surface area contributed by atoms with E-state index in [1.165, 1.54) is 12.8 Å². The maximum absolute atomic E-state index is 5.50. The van der Waals surface area contributed by atoms with Crippen molar-refractivity contribution in [2.24, 2.45) is 11.8 Å². The van der Waals surface area contributed by atoms with Crippen molar-refractivity contribution in [3.8, 4) is 0 Å². The molecule has 11 heavy (non-hydrogen) atoms. The van der Waals surface area contributed by atoms with Crippen molar-refractivity contribution < 1.29 is 4.74 Å². The van der Waals surface area contributed by atoms with Gasteiger partial charge in [-0.2, -0.15) is 0 Å². The molecule has 0 unspecified atom stereocenters. The fourth-order valence-corrected chi connectivity index (χ4v) is 0.721. The zero-order valence-corrected chi connectivity index (χ0v) is 8.39. The summed E-state index contributed by atoms with van der Waals surface area (Å²) in [4.78, 5) is 0. The summed E-state index contributed by atoms with van der Waals surface area (Å²) in [6, 6.07) is 0. The lowest BCUT2D eigenvalue weighted by molar-refractivity contribution is 0.0950. The lowest BCUT2D eigenvalue weighted by atomic mass is 10.1. The van der Waals surface area contributed by atoms with Gasteiger partial charge in [0.25, 0.3) is 0 Å². The molecule has 0 saturated carbocycles. The molecule has 1 nitrogen and oxygen atoms in total. The molecule has 0 aliphatic carbocycles. The highest BCUT2D eigenvalue weighted by atomic mass is 16.5. The van der Waals surface area contributed by atoms with E-state index >= 15 is 0 Å². The Kier molecular flexibility index (Phi) is 6.63. The molecule has 0 fully saturated rings. The summed E-state index contributed by atoms with van der Waals surface area (Å²) in [6.07, 6.45) is 2.41. The molecule has 0 aromatic heterocycles. The van der Waals surface area contributed by atoms with Crippen LogP contribution >= 0.6 is 0 Å². The lowest BCUT2D eigenvalue weighted by Crippen LogP contribution is -2.06. The van der Waals surface area contributed by atoms with E-state index in [1.807, 2.05) is 0 Å². The van der Waals surface area contributed by atoms with Gasteiger partial charge < -0.3 is 4.74 Å². The Hall–Kier alpha value is -0.0400. The third-order valence-electron chi connectivity index (χ3n) is 1.94. The van der Waals surface area contributed by atoms with Crippen LogP contribution in [0.5, 0.6) is 0 Å². The molecule has 1 heteroatoms. The average molecular weight is 158 g/mol. The van der Waals surface area contributed by atoms with Gasteiger partial charge in [-0.05, 0) is 18.3 Å². The first-order valence-electron chi connectivity index (χ1n) is 4.74. The minimum Gasteiger partial charge on any atom is -0.381 e. The van der Waals surface area contributed by atoms with Gasteiger partial charge >= 0.3 is 0 Å². The maximum atomic E-state index is 5.50. The standard InChI is InChI=1S/C10H22O/c1-5-10(4)8-11-7-6-9(2)3/h9-10H,5-8H2,1-4H3/t10-/m1/s1. The van der Waals surface area contributed by atoms with Gasteiger partial charge in [-0.3, -0.25) is 0 Å². The number of hydrogen-bond donors (Lipinski definition) is 0. The zero-order valence-electron chi connectivity index (χ0n) is 8.39. The SMILES string of the molecule is CC[C@@H](C)COCCC(C)C. The van der Waals surface area contributed by atoms with Crippen LogP contribution in [0.3, 0.4) is 0 Å². The highest BCUT2D eigenvalue weighted by Crippen LogP contribution is 2.03. The molecule has 1 atom stereocenters. The first kappa shape index (κ1) is 11.0. The number of ether oxygens (including phenoxy) is 1. The molecule has 0 aromatic rings. The van der Waals surface area contributed by atoms with Gasteiger partial charge in [0, 0.05) is 13.2 Å². The molecular formula is C10H22O. The summed E-state index contributed by atoms with van der Waals surface area (Å²) in [5.41, 5.74) is 0. The molecule has 0 rings (SSSR count). The summed E-state index contributed by atoms with van der Waals surface area (Å²) >= 11 is 0. The van der Waals surface area contributed by atoms with Crippen LogP contribution in [0.15, 0.2) is 0 Å². The summed E-state index contributed by atoms with van der Waals surface area (Å²) in [7, 11) is 0. The van der Waals surface area contributed by atoms with E-state index in [2.05, 4.69) is 27.7 Å². The van der Waals surface area contributed by atoms with Crippen molar-refractivity contribution in [2.45, 2.75) is 40.5 Å². The Morgan fingerprint density at radius 3 is 2.27 bits per heavy atom. The van der Waals surface area contributed by atoms with Crippen molar-refractivity contribution in [2.75, 3.05) is 13.2 Å². The molecule has 0 amide bonds. The molecule has 0 aliphatic heterocycles. The Morgan fingerprint density at radius 1 is 1.18 bits per heavy atom. The van der Waals surface area contributed by atoms with Crippen LogP contribution in [0.2, 0.25) is 0 Å². The first-order chi connectivity index (χ1) is 5.16. The van der Waals surface area contributed by atoms with Gasteiger partial charge in [0.15, 0.2) is 0 Å². The van der Waals surface area contributed by atoms with E-state index in [0.717, 1.165) is 25.0 Å². The number of rotatable bonds is 6. The smallest absolute Gasteiger partial charge is 0.0491 e. The number of hydrogen-bond acceptors (Lipinski definition) is 1. The lowest BCUT2D eigenvalue weighted by Gasteiger charge is -2.10. The minimum absolute atomic E-state index is 0.724. The van der Waals surface area contributed by atoms with E-state index in [-0.39, 0.29) is 0 Å². The van der Waals surface area contributed by atoms with Crippen LogP contribution in [0.1, 0.15) is 40.5 Å². The Morgan fingerprint density at radius 2 is 1.82 bits per heavy atom. The van der Waals surface area contributed by atoms with Crippen LogP contribution in [-0.2, 0) is 4.74 Å². The molecule has 0 saturated heterocycles. The normalized spacial score (nSPS) is 13.9. The highest BCUT2D eigenvalue weighted by molar-refractivity contribution is 4.47. The van der Waals surface area contributed by atoms with Crippen LogP contribution in [0, 0.1) is 11.8 Å². The van der Waals surface area contributed by atoms with Crippen LogP contribution in [0.25, 0.3) is 0 Å². The fourth-order valence-electron chi connectivity index (χ4n) is 0.721. The molecule has 68 valence electrons. The second kappa shape index (κ2) is 6.66. The molecule has 0 aliphatic rings. The van der Waals surface area contributed by atoms with Gasteiger partial charge in [-0.1, -0.05) is 34.1 Å². The summed E-state index contributed by atoms with van der Waals surface area (Å²) in [6.45, 7) is 10.8. The van der Waals surface area contributed by atoms with Crippen LogP contribution < -0.4 is 0 Å². The van der Waals surface area contributed by atoms with E-state index in [4.69, 9.17) is 4.74 Å². The van der Waals surface area contributed by atoms with Crippen molar-refractivity contribution in [3.05, 3.63) is 0 Å². The van der Waals surface area contributed by atoms with Gasteiger partial charge in [0.2, 0.25) is 0 Å². The Bertz CT molecular complexity index is 78.9. The Balaban J connectivity index is 3.01. The molecule has 0 aromatic carbocycles. The molecule has 0 bridgehead atoms. The van der Waals surface area contributed by atoms with Crippen LogP contribution in [0.4, 0.5) is 0 Å².